The third-order valence-electron chi connectivity index (χ3n) is 5.88. The van der Waals surface area contributed by atoms with Crippen LogP contribution in [0.25, 0.3) is 0 Å². The van der Waals surface area contributed by atoms with E-state index in [1.54, 1.807) is 11.8 Å². The van der Waals surface area contributed by atoms with Crippen molar-refractivity contribution in [1.29, 1.82) is 0 Å². The van der Waals surface area contributed by atoms with Crippen molar-refractivity contribution in [3.63, 3.8) is 0 Å². The molecule has 2 N–H and O–H groups in total. The highest BCUT2D eigenvalue weighted by Crippen LogP contribution is 2.30. The van der Waals surface area contributed by atoms with Crippen molar-refractivity contribution in [3.8, 4) is 0 Å². The van der Waals surface area contributed by atoms with Gasteiger partial charge in [0.15, 0.2) is 0 Å². The number of nitrogens with one attached hydrogen (secondary N) is 2. The number of hydrogen-bond donors (Lipinski definition) is 2. The van der Waals surface area contributed by atoms with E-state index in [0.29, 0.717) is 18.5 Å². The normalized spacial score (nSPS) is 25.9. The van der Waals surface area contributed by atoms with Gasteiger partial charge < -0.3 is 15.5 Å². The molecule has 0 bridgehead atoms. The van der Waals surface area contributed by atoms with Gasteiger partial charge in [-0.05, 0) is 25.7 Å². The second-order valence-corrected chi connectivity index (χ2v) is 8.74. The molecule has 6 heteroatoms. The van der Waals surface area contributed by atoms with Gasteiger partial charge in [-0.25, -0.2) is 0 Å². The number of carbonyl (C=O) groups is 2. The van der Waals surface area contributed by atoms with Crippen LogP contribution in [-0.2, 0) is 9.59 Å². The molecule has 1 atom stereocenters. The summed E-state index contributed by atoms with van der Waals surface area (Å²) in [6.45, 7) is 1.48. The SMILES string of the molecule is O=C(NCCNC1CCCCCC1)C1CSCN1C(=O)C1CCCC1. The van der Waals surface area contributed by atoms with Crippen LogP contribution in [-0.4, -0.2) is 53.5 Å². The van der Waals surface area contributed by atoms with Gasteiger partial charge in [0, 0.05) is 30.8 Å². The molecule has 3 rings (SSSR count). The molecule has 1 aliphatic heterocycles. The summed E-state index contributed by atoms with van der Waals surface area (Å²) in [5.41, 5.74) is 0. The van der Waals surface area contributed by atoms with E-state index in [0.717, 1.165) is 38.0 Å². The predicted octanol–water partition coefficient (Wildman–Crippen LogP) is 2.51. The smallest absolute Gasteiger partial charge is 0.243 e. The average molecular weight is 368 g/mol. The van der Waals surface area contributed by atoms with Crippen molar-refractivity contribution >= 4 is 23.6 Å². The molecule has 0 aromatic heterocycles. The summed E-state index contributed by atoms with van der Waals surface area (Å²) in [6.07, 6.45) is 12.2. The van der Waals surface area contributed by atoms with Crippen LogP contribution in [0.3, 0.4) is 0 Å². The molecule has 0 aromatic rings. The van der Waals surface area contributed by atoms with Crippen molar-refractivity contribution < 1.29 is 9.59 Å². The predicted molar refractivity (Wildman–Crippen MR) is 102 cm³/mol. The van der Waals surface area contributed by atoms with Crippen LogP contribution in [0.5, 0.6) is 0 Å². The van der Waals surface area contributed by atoms with Gasteiger partial charge in [0.2, 0.25) is 11.8 Å². The molecule has 142 valence electrons. The van der Waals surface area contributed by atoms with Crippen LogP contribution in [0.1, 0.15) is 64.2 Å². The molecule has 0 aromatic carbocycles. The van der Waals surface area contributed by atoms with E-state index in [2.05, 4.69) is 10.6 Å². The number of amides is 2. The summed E-state index contributed by atoms with van der Waals surface area (Å²) < 4.78 is 0. The summed E-state index contributed by atoms with van der Waals surface area (Å²) in [5.74, 6) is 1.80. The Morgan fingerprint density at radius 1 is 0.920 bits per heavy atom. The molecule has 1 saturated heterocycles. The zero-order valence-corrected chi connectivity index (χ0v) is 16.1. The minimum absolute atomic E-state index is 0.0269. The first-order valence-electron chi connectivity index (χ1n) is 10.1. The molecule has 2 aliphatic carbocycles. The van der Waals surface area contributed by atoms with Gasteiger partial charge >= 0.3 is 0 Å². The Balaban J connectivity index is 1.38. The number of hydrogen-bond acceptors (Lipinski definition) is 4. The second-order valence-electron chi connectivity index (χ2n) is 7.74. The number of nitrogens with zero attached hydrogens (tertiary/aromatic N) is 1. The first kappa shape index (κ1) is 19.0. The van der Waals surface area contributed by atoms with Gasteiger partial charge in [-0.1, -0.05) is 38.5 Å². The molecule has 25 heavy (non-hydrogen) atoms. The number of thioether (sulfide) groups is 1. The van der Waals surface area contributed by atoms with Crippen molar-refractivity contribution in [2.75, 3.05) is 24.7 Å². The van der Waals surface area contributed by atoms with Crippen LogP contribution in [0, 0.1) is 5.92 Å². The molecule has 0 spiro atoms. The number of rotatable bonds is 6. The standard InChI is InChI=1S/C19H33N3O2S/c23-18(21-12-11-20-16-9-3-1-2-4-10-16)17-13-25-14-22(17)19(24)15-7-5-6-8-15/h15-17,20H,1-14H2,(H,21,23). The van der Waals surface area contributed by atoms with Gasteiger partial charge in [0.1, 0.15) is 6.04 Å². The summed E-state index contributed by atoms with van der Waals surface area (Å²) in [4.78, 5) is 27.0. The largest absolute Gasteiger partial charge is 0.353 e. The lowest BCUT2D eigenvalue weighted by Gasteiger charge is -2.26. The second kappa shape index (κ2) is 9.81. The fourth-order valence-corrected chi connectivity index (χ4v) is 5.51. The summed E-state index contributed by atoms with van der Waals surface area (Å²) in [5, 5.41) is 6.63. The highest BCUT2D eigenvalue weighted by molar-refractivity contribution is 7.99. The maximum Gasteiger partial charge on any atom is 0.243 e. The molecule has 0 radical (unpaired) electrons. The quantitative estimate of drug-likeness (QED) is 0.559. The molecule has 1 unspecified atom stereocenters. The first-order valence-corrected chi connectivity index (χ1v) is 11.3. The lowest BCUT2D eigenvalue weighted by atomic mass is 10.1. The molecule has 3 fully saturated rings. The minimum Gasteiger partial charge on any atom is -0.353 e. The van der Waals surface area contributed by atoms with Crippen LogP contribution < -0.4 is 10.6 Å². The van der Waals surface area contributed by atoms with E-state index in [1.165, 1.54) is 38.5 Å². The van der Waals surface area contributed by atoms with E-state index >= 15 is 0 Å². The highest BCUT2D eigenvalue weighted by Gasteiger charge is 2.38. The molecular weight excluding hydrogens is 334 g/mol. The van der Waals surface area contributed by atoms with E-state index < -0.39 is 0 Å². The maximum absolute atomic E-state index is 12.7. The minimum atomic E-state index is -0.268. The monoisotopic (exact) mass is 367 g/mol. The van der Waals surface area contributed by atoms with Crippen molar-refractivity contribution in [1.82, 2.24) is 15.5 Å². The Bertz CT molecular complexity index is 446. The van der Waals surface area contributed by atoms with Crippen LogP contribution >= 0.6 is 11.8 Å². The van der Waals surface area contributed by atoms with Gasteiger partial charge in [-0.2, -0.15) is 0 Å². The Hall–Kier alpha value is -0.750. The van der Waals surface area contributed by atoms with Gasteiger partial charge in [0.05, 0.1) is 5.88 Å². The van der Waals surface area contributed by atoms with E-state index in [1.807, 2.05) is 4.90 Å². The Morgan fingerprint density at radius 3 is 2.32 bits per heavy atom. The van der Waals surface area contributed by atoms with E-state index in [4.69, 9.17) is 0 Å². The third-order valence-corrected chi connectivity index (χ3v) is 6.90. The topological polar surface area (TPSA) is 61.4 Å². The van der Waals surface area contributed by atoms with E-state index in [-0.39, 0.29) is 23.8 Å². The molecule has 3 aliphatic rings. The van der Waals surface area contributed by atoms with Crippen LogP contribution in [0.2, 0.25) is 0 Å². The van der Waals surface area contributed by atoms with Crippen molar-refractivity contribution in [2.24, 2.45) is 5.92 Å². The molecule has 2 amide bonds. The first-order chi connectivity index (χ1) is 12.3. The molecule has 5 nitrogen and oxygen atoms in total. The Labute approximate surface area is 156 Å². The fraction of sp³-hybridized carbons (Fsp3) is 0.895. The van der Waals surface area contributed by atoms with Gasteiger partial charge in [-0.3, -0.25) is 9.59 Å². The molecule has 1 heterocycles. The van der Waals surface area contributed by atoms with Crippen LogP contribution in [0.4, 0.5) is 0 Å². The van der Waals surface area contributed by atoms with E-state index in [9.17, 15) is 9.59 Å². The zero-order valence-electron chi connectivity index (χ0n) is 15.3. The summed E-state index contributed by atoms with van der Waals surface area (Å²) >= 11 is 1.70. The third kappa shape index (κ3) is 5.36. The fourth-order valence-electron chi connectivity index (χ4n) is 4.35. The molecular formula is C19H33N3O2S. The Morgan fingerprint density at radius 2 is 1.60 bits per heavy atom. The average Bonchev–Trinajstić information content (AvgIpc) is 3.26. The summed E-state index contributed by atoms with van der Waals surface area (Å²) in [7, 11) is 0. The zero-order chi connectivity index (χ0) is 17.5. The maximum atomic E-state index is 12.7. The lowest BCUT2D eigenvalue weighted by Crippen LogP contribution is -2.50. The highest BCUT2D eigenvalue weighted by atomic mass is 32.2. The van der Waals surface area contributed by atoms with Crippen LogP contribution in [0.15, 0.2) is 0 Å². The molecule has 2 saturated carbocycles. The Kier molecular flexibility index (Phi) is 7.47. The van der Waals surface area contributed by atoms with Gasteiger partial charge in [-0.15, -0.1) is 11.8 Å². The number of carbonyl (C=O) groups excluding carboxylic acids is 2. The summed E-state index contributed by atoms with van der Waals surface area (Å²) in [6, 6.07) is 0.345. The van der Waals surface area contributed by atoms with Crippen molar-refractivity contribution in [2.45, 2.75) is 76.3 Å². The lowest BCUT2D eigenvalue weighted by molar-refractivity contribution is -0.141. The van der Waals surface area contributed by atoms with Crippen molar-refractivity contribution in [3.05, 3.63) is 0 Å². The van der Waals surface area contributed by atoms with Gasteiger partial charge in [0.25, 0.3) is 0 Å².